The first-order valence-corrected chi connectivity index (χ1v) is 19.9. The summed E-state index contributed by atoms with van der Waals surface area (Å²) < 4.78 is 43.7. The van der Waals surface area contributed by atoms with Gasteiger partial charge in [0.1, 0.15) is 5.82 Å². The SMILES string of the molecule is Cc1ccc(S(=O)(=O)N(CC(C)C)C[C@@H](CC(C)(C)C)[C@@H](CC(=O)[C@@H](NC(=O)CCCc2cccc(F)c2)C(C)(C)C)Cc2ccccc2)cc1. The lowest BCUT2D eigenvalue weighted by atomic mass is 9.72. The fourth-order valence-electron chi connectivity index (χ4n) is 6.82. The average Bonchev–Trinajstić information content (AvgIpc) is 3.02. The highest BCUT2D eigenvalue weighted by Gasteiger charge is 2.38. The van der Waals surface area contributed by atoms with E-state index in [4.69, 9.17) is 0 Å². The summed E-state index contributed by atoms with van der Waals surface area (Å²) >= 11 is 0. The predicted octanol–water partition coefficient (Wildman–Crippen LogP) is 9.21. The monoisotopic (exact) mass is 720 g/mol. The Hall–Kier alpha value is -3.36. The van der Waals surface area contributed by atoms with Gasteiger partial charge in [0.05, 0.1) is 10.9 Å². The van der Waals surface area contributed by atoms with Gasteiger partial charge in [-0.1, -0.05) is 116 Å². The van der Waals surface area contributed by atoms with Gasteiger partial charge in [0.25, 0.3) is 0 Å². The van der Waals surface area contributed by atoms with Gasteiger partial charge in [-0.25, -0.2) is 12.8 Å². The number of amides is 1. The lowest BCUT2D eigenvalue weighted by Crippen LogP contribution is -2.50. The molecule has 0 aliphatic heterocycles. The van der Waals surface area contributed by atoms with E-state index in [9.17, 15) is 22.4 Å². The zero-order chi connectivity index (χ0) is 38.0. The zero-order valence-electron chi connectivity index (χ0n) is 32.3. The lowest BCUT2D eigenvalue weighted by Gasteiger charge is -2.38. The normalized spacial score (nSPS) is 14.4. The van der Waals surface area contributed by atoms with Gasteiger partial charge in [-0.15, -0.1) is 0 Å². The topological polar surface area (TPSA) is 83.6 Å². The van der Waals surface area contributed by atoms with Crippen molar-refractivity contribution >= 4 is 21.7 Å². The van der Waals surface area contributed by atoms with Gasteiger partial charge < -0.3 is 5.32 Å². The average molecular weight is 721 g/mol. The molecule has 0 bridgehead atoms. The molecule has 1 N–H and O–H groups in total. The molecule has 0 radical (unpaired) electrons. The van der Waals surface area contributed by atoms with Crippen molar-refractivity contribution in [2.24, 2.45) is 28.6 Å². The van der Waals surface area contributed by atoms with E-state index in [-0.39, 0.29) is 65.0 Å². The van der Waals surface area contributed by atoms with E-state index in [0.29, 0.717) is 32.2 Å². The third kappa shape index (κ3) is 13.9. The molecule has 0 unspecified atom stereocenters. The van der Waals surface area contributed by atoms with Crippen LogP contribution >= 0.6 is 0 Å². The van der Waals surface area contributed by atoms with E-state index in [2.05, 4.69) is 38.2 Å². The van der Waals surface area contributed by atoms with Crippen molar-refractivity contribution < 1.29 is 22.4 Å². The summed E-state index contributed by atoms with van der Waals surface area (Å²) in [7, 11) is -3.81. The number of ketones is 1. The van der Waals surface area contributed by atoms with Gasteiger partial charge in [-0.3, -0.25) is 9.59 Å². The molecule has 280 valence electrons. The summed E-state index contributed by atoms with van der Waals surface area (Å²) in [6, 6.07) is 22.7. The Bertz CT molecular complexity index is 1660. The van der Waals surface area contributed by atoms with Gasteiger partial charge >= 0.3 is 0 Å². The number of halogens is 1. The second kappa shape index (κ2) is 18.4. The van der Waals surface area contributed by atoms with Crippen molar-refractivity contribution in [2.45, 2.75) is 112 Å². The smallest absolute Gasteiger partial charge is 0.243 e. The number of carbonyl (C=O) groups is 2. The third-order valence-corrected chi connectivity index (χ3v) is 11.1. The zero-order valence-corrected chi connectivity index (χ0v) is 33.2. The first kappa shape index (κ1) is 42.1. The van der Waals surface area contributed by atoms with Gasteiger partial charge in [-0.2, -0.15) is 4.31 Å². The van der Waals surface area contributed by atoms with Crippen molar-refractivity contribution in [3.05, 3.63) is 101 Å². The number of hydrogen-bond acceptors (Lipinski definition) is 4. The van der Waals surface area contributed by atoms with Gasteiger partial charge in [0, 0.05) is 25.9 Å². The van der Waals surface area contributed by atoms with E-state index in [0.717, 1.165) is 16.7 Å². The van der Waals surface area contributed by atoms with Crippen molar-refractivity contribution in [1.29, 1.82) is 0 Å². The second-order valence-electron chi connectivity index (χ2n) is 17.0. The molecule has 0 fully saturated rings. The molecule has 51 heavy (non-hydrogen) atoms. The molecule has 8 heteroatoms. The minimum Gasteiger partial charge on any atom is -0.346 e. The quantitative estimate of drug-likeness (QED) is 0.142. The molecule has 1 amide bonds. The standard InChI is InChI=1S/C43H61FN2O4S/c1-31(2)29-46(51(49,50)38-23-21-32(3)22-24-38)30-36(28-42(4,5)6)35(25-33-15-11-10-12-16-33)27-39(47)41(43(7,8)9)45-40(48)20-14-18-34-17-13-19-37(44)26-34/h10-13,15-17,19,21-24,26,31,35-36,41H,14,18,20,25,27-30H2,1-9H3,(H,45,48)/t35-,36-,41-/m1/s1. The van der Waals surface area contributed by atoms with Crippen molar-refractivity contribution in [2.75, 3.05) is 13.1 Å². The minimum atomic E-state index is -3.81. The maximum Gasteiger partial charge on any atom is 0.243 e. The number of aryl methyl sites for hydroxylation is 2. The molecule has 0 aliphatic rings. The van der Waals surface area contributed by atoms with E-state index in [1.54, 1.807) is 22.5 Å². The fourth-order valence-corrected chi connectivity index (χ4v) is 8.48. The lowest BCUT2D eigenvalue weighted by molar-refractivity contribution is -0.131. The van der Waals surface area contributed by atoms with Gasteiger partial charge in [0.2, 0.25) is 15.9 Å². The van der Waals surface area contributed by atoms with Crippen LogP contribution in [0.2, 0.25) is 0 Å². The number of hydrogen-bond donors (Lipinski definition) is 1. The number of nitrogens with zero attached hydrogens (tertiary/aromatic N) is 1. The van der Waals surface area contributed by atoms with Crippen LogP contribution in [0.5, 0.6) is 0 Å². The number of sulfonamides is 1. The Morgan fingerprint density at radius 2 is 1.45 bits per heavy atom. The first-order chi connectivity index (χ1) is 23.7. The largest absolute Gasteiger partial charge is 0.346 e. The van der Waals surface area contributed by atoms with E-state index in [1.165, 1.54) is 12.1 Å². The summed E-state index contributed by atoms with van der Waals surface area (Å²) in [6.45, 7) is 19.0. The molecule has 0 aliphatic carbocycles. The molecule has 6 nitrogen and oxygen atoms in total. The molecule has 0 aromatic heterocycles. The van der Waals surface area contributed by atoms with Crippen molar-refractivity contribution in [1.82, 2.24) is 9.62 Å². The maximum atomic E-state index is 14.5. The van der Waals surface area contributed by atoms with E-state index < -0.39 is 21.5 Å². The number of carbonyl (C=O) groups excluding carboxylic acids is 2. The van der Waals surface area contributed by atoms with Crippen LogP contribution in [0.4, 0.5) is 4.39 Å². The Balaban J connectivity index is 1.94. The summed E-state index contributed by atoms with van der Waals surface area (Å²) in [4.78, 5) is 28.0. The number of rotatable bonds is 18. The number of Topliss-reactive ketones (excluding diaryl/α,β-unsaturated/α-hetero) is 1. The highest BCUT2D eigenvalue weighted by molar-refractivity contribution is 7.89. The Kier molecular flexibility index (Phi) is 15.2. The van der Waals surface area contributed by atoms with Crippen LogP contribution in [0.1, 0.15) is 97.8 Å². The third-order valence-electron chi connectivity index (χ3n) is 9.26. The second-order valence-corrected chi connectivity index (χ2v) is 19.0. The summed E-state index contributed by atoms with van der Waals surface area (Å²) in [6.07, 6.45) is 2.82. The molecular formula is C43H61FN2O4S. The number of nitrogens with one attached hydrogen (secondary N) is 1. The van der Waals surface area contributed by atoms with Gasteiger partial charge in [-0.05, 0) is 96.6 Å². The Morgan fingerprint density at radius 3 is 2.02 bits per heavy atom. The van der Waals surface area contributed by atoms with Crippen LogP contribution in [-0.2, 0) is 32.5 Å². The summed E-state index contributed by atoms with van der Waals surface area (Å²) in [5, 5.41) is 3.06. The van der Waals surface area contributed by atoms with Crippen molar-refractivity contribution in [3.63, 3.8) is 0 Å². The molecule has 0 spiro atoms. The van der Waals surface area contributed by atoms with Crippen LogP contribution < -0.4 is 5.32 Å². The maximum absolute atomic E-state index is 14.5. The molecule has 3 aromatic carbocycles. The highest BCUT2D eigenvalue weighted by atomic mass is 32.2. The molecular weight excluding hydrogens is 660 g/mol. The molecule has 3 aromatic rings. The molecule has 3 rings (SSSR count). The molecule has 0 saturated carbocycles. The Morgan fingerprint density at radius 1 is 0.824 bits per heavy atom. The molecule has 3 atom stereocenters. The molecule has 0 heterocycles. The number of benzene rings is 3. The highest BCUT2D eigenvalue weighted by Crippen LogP contribution is 2.36. The van der Waals surface area contributed by atoms with Crippen molar-refractivity contribution in [3.8, 4) is 0 Å². The summed E-state index contributed by atoms with van der Waals surface area (Å²) in [5.41, 5.74) is 2.21. The predicted molar refractivity (Wildman–Crippen MR) is 206 cm³/mol. The minimum absolute atomic E-state index is 0.0578. The van der Waals surface area contributed by atoms with Gasteiger partial charge in [0.15, 0.2) is 5.78 Å². The Labute approximate surface area is 307 Å². The van der Waals surface area contributed by atoms with Crippen LogP contribution in [0.15, 0.2) is 83.8 Å². The van der Waals surface area contributed by atoms with Crippen LogP contribution in [-0.4, -0.2) is 43.5 Å². The summed E-state index contributed by atoms with van der Waals surface area (Å²) in [5.74, 6) is -0.802. The van der Waals surface area contributed by atoms with E-state index >= 15 is 0 Å². The van der Waals surface area contributed by atoms with E-state index in [1.807, 2.05) is 77.9 Å². The first-order valence-electron chi connectivity index (χ1n) is 18.4. The molecule has 0 saturated heterocycles. The fraction of sp³-hybridized carbons (Fsp3) is 0.535. The van der Waals surface area contributed by atoms with Crippen LogP contribution in [0.3, 0.4) is 0 Å². The van der Waals surface area contributed by atoms with Crippen LogP contribution in [0.25, 0.3) is 0 Å². The van der Waals surface area contributed by atoms with Crippen LogP contribution in [0, 0.1) is 41.3 Å².